The maximum Gasteiger partial charge on any atom is 0.258 e. The Morgan fingerprint density at radius 2 is 1.85 bits per heavy atom. The van der Waals surface area contributed by atoms with Crippen LogP contribution < -0.4 is 5.32 Å². The Balaban J connectivity index is 1.81. The average Bonchev–Trinajstić information content (AvgIpc) is 3.15. The normalized spacial score (nSPS) is 10.9. The van der Waals surface area contributed by atoms with E-state index in [1.165, 1.54) is 11.3 Å². The zero-order valence-corrected chi connectivity index (χ0v) is 15.9. The van der Waals surface area contributed by atoms with E-state index in [-0.39, 0.29) is 5.91 Å². The summed E-state index contributed by atoms with van der Waals surface area (Å²) in [5, 5.41) is 13.2. The standard InChI is InChI=1S/C21H18N4OS/c1-3-19-24-25-21(27-19)23-20(26)16-12-18(14-9-5-4-8-13(14)2)22-17-11-7-6-10-15(16)17/h4-12H,3H2,1-2H3,(H,23,25,26). The minimum atomic E-state index is -0.206. The number of rotatable bonds is 4. The second-order valence-electron chi connectivity index (χ2n) is 6.20. The molecule has 0 aliphatic rings. The van der Waals surface area contributed by atoms with Gasteiger partial charge in [-0.05, 0) is 31.0 Å². The van der Waals surface area contributed by atoms with Gasteiger partial charge >= 0.3 is 0 Å². The largest absolute Gasteiger partial charge is 0.296 e. The van der Waals surface area contributed by atoms with Crippen LogP contribution in [0.2, 0.25) is 0 Å². The summed E-state index contributed by atoms with van der Waals surface area (Å²) >= 11 is 1.39. The zero-order valence-electron chi connectivity index (χ0n) is 15.1. The van der Waals surface area contributed by atoms with Gasteiger partial charge < -0.3 is 0 Å². The number of aromatic nitrogens is 3. The van der Waals surface area contributed by atoms with Gasteiger partial charge in [-0.15, -0.1) is 10.2 Å². The molecule has 0 bridgehead atoms. The van der Waals surface area contributed by atoms with Crippen LogP contribution in [0, 0.1) is 6.92 Å². The van der Waals surface area contributed by atoms with Crippen molar-refractivity contribution in [2.75, 3.05) is 5.32 Å². The maximum atomic E-state index is 13.0. The lowest BCUT2D eigenvalue weighted by Gasteiger charge is -2.11. The number of para-hydroxylation sites is 1. The smallest absolute Gasteiger partial charge is 0.258 e. The van der Waals surface area contributed by atoms with Crippen LogP contribution in [0.5, 0.6) is 0 Å². The van der Waals surface area contributed by atoms with E-state index in [9.17, 15) is 4.79 Å². The molecule has 0 atom stereocenters. The van der Waals surface area contributed by atoms with Crippen molar-refractivity contribution in [1.29, 1.82) is 0 Å². The number of hydrogen-bond donors (Lipinski definition) is 1. The Kier molecular flexibility index (Phi) is 4.64. The van der Waals surface area contributed by atoms with E-state index in [2.05, 4.69) is 15.5 Å². The van der Waals surface area contributed by atoms with Gasteiger partial charge in [-0.1, -0.05) is 60.7 Å². The van der Waals surface area contributed by atoms with E-state index >= 15 is 0 Å². The highest BCUT2D eigenvalue weighted by Gasteiger charge is 2.16. The Bertz CT molecular complexity index is 1140. The third-order valence-corrected chi connectivity index (χ3v) is 5.35. The molecule has 0 fully saturated rings. The van der Waals surface area contributed by atoms with Crippen molar-refractivity contribution in [2.45, 2.75) is 20.3 Å². The molecular formula is C21H18N4OS. The number of fused-ring (bicyclic) bond motifs is 1. The molecule has 1 amide bonds. The highest BCUT2D eigenvalue weighted by atomic mass is 32.1. The summed E-state index contributed by atoms with van der Waals surface area (Å²) < 4.78 is 0. The molecule has 0 radical (unpaired) electrons. The van der Waals surface area contributed by atoms with Crippen molar-refractivity contribution in [3.63, 3.8) is 0 Å². The maximum absolute atomic E-state index is 13.0. The fraction of sp³-hybridized carbons (Fsp3) is 0.143. The molecule has 27 heavy (non-hydrogen) atoms. The SMILES string of the molecule is CCc1nnc(NC(=O)c2cc(-c3ccccc3C)nc3ccccc23)s1. The third-order valence-electron chi connectivity index (χ3n) is 4.37. The highest BCUT2D eigenvalue weighted by molar-refractivity contribution is 7.15. The number of amides is 1. The van der Waals surface area contributed by atoms with Crippen molar-refractivity contribution in [3.8, 4) is 11.3 Å². The molecule has 1 N–H and O–H groups in total. The van der Waals surface area contributed by atoms with E-state index in [0.717, 1.165) is 39.2 Å². The molecule has 2 aromatic heterocycles. The summed E-state index contributed by atoms with van der Waals surface area (Å²) in [5.74, 6) is -0.206. The summed E-state index contributed by atoms with van der Waals surface area (Å²) in [6, 6.07) is 17.6. The Morgan fingerprint density at radius 1 is 1.07 bits per heavy atom. The fourth-order valence-electron chi connectivity index (χ4n) is 2.97. The van der Waals surface area contributed by atoms with Crippen molar-refractivity contribution in [3.05, 3.63) is 70.7 Å². The summed E-state index contributed by atoms with van der Waals surface area (Å²) in [6.45, 7) is 4.05. The minimum Gasteiger partial charge on any atom is -0.296 e. The van der Waals surface area contributed by atoms with Gasteiger partial charge in [-0.2, -0.15) is 0 Å². The van der Waals surface area contributed by atoms with Crippen LogP contribution in [-0.2, 0) is 6.42 Å². The van der Waals surface area contributed by atoms with Gasteiger partial charge in [0.2, 0.25) is 5.13 Å². The molecule has 5 nitrogen and oxygen atoms in total. The quantitative estimate of drug-likeness (QED) is 0.553. The first kappa shape index (κ1) is 17.3. The van der Waals surface area contributed by atoms with Crippen molar-refractivity contribution in [2.24, 2.45) is 0 Å². The van der Waals surface area contributed by atoms with Gasteiger partial charge in [0.15, 0.2) is 0 Å². The Hall–Kier alpha value is -3.12. The molecule has 2 heterocycles. The monoisotopic (exact) mass is 374 g/mol. The van der Waals surface area contributed by atoms with Crippen LogP contribution in [0.3, 0.4) is 0 Å². The average molecular weight is 374 g/mol. The molecule has 0 saturated carbocycles. The summed E-state index contributed by atoms with van der Waals surface area (Å²) in [4.78, 5) is 17.8. The molecule has 0 spiro atoms. The molecule has 2 aromatic carbocycles. The van der Waals surface area contributed by atoms with Crippen molar-refractivity contribution in [1.82, 2.24) is 15.2 Å². The van der Waals surface area contributed by atoms with E-state index in [1.807, 2.05) is 68.4 Å². The van der Waals surface area contributed by atoms with Crippen LogP contribution in [-0.4, -0.2) is 21.1 Å². The molecular weight excluding hydrogens is 356 g/mol. The molecule has 134 valence electrons. The highest BCUT2D eigenvalue weighted by Crippen LogP contribution is 2.28. The number of hydrogen-bond acceptors (Lipinski definition) is 5. The summed E-state index contributed by atoms with van der Waals surface area (Å²) in [5.41, 5.74) is 4.27. The van der Waals surface area contributed by atoms with Crippen LogP contribution >= 0.6 is 11.3 Å². The number of benzene rings is 2. The molecule has 4 aromatic rings. The first-order valence-corrected chi connectivity index (χ1v) is 9.57. The number of nitrogens with one attached hydrogen (secondary N) is 1. The summed E-state index contributed by atoms with van der Waals surface area (Å²) in [6.07, 6.45) is 0.795. The predicted molar refractivity (Wildman–Crippen MR) is 109 cm³/mol. The van der Waals surface area contributed by atoms with Gasteiger partial charge in [0.05, 0.1) is 16.8 Å². The van der Waals surface area contributed by atoms with Gasteiger partial charge in [0.25, 0.3) is 5.91 Å². The van der Waals surface area contributed by atoms with Crippen LogP contribution in [0.1, 0.15) is 27.9 Å². The molecule has 6 heteroatoms. The number of carbonyl (C=O) groups is 1. The molecule has 0 aliphatic heterocycles. The summed E-state index contributed by atoms with van der Waals surface area (Å²) in [7, 11) is 0. The third kappa shape index (κ3) is 3.44. The van der Waals surface area contributed by atoms with Crippen molar-refractivity contribution >= 4 is 33.3 Å². The number of pyridine rings is 1. The van der Waals surface area contributed by atoms with Gasteiger partial charge in [0, 0.05) is 10.9 Å². The number of nitrogens with zero attached hydrogens (tertiary/aromatic N) is 3. The lowest BCUT2D eigenvalue weighted by Crippen LogP contribution is -2.13. The first-order valence-electron chi connectivity index (χ1n) is 8.75. The van der Waals surface area contributed by atoms with Crippen LogP contribution in [0.25, 0.3) is 22.2 Å². The molecule has 4 rings (SSSR count). The number of aryl methyl sites for hydroxylation is 2. The van der Waals surface area contributed by atoms with Gasteiger partial charge in [-0.25, -0.2) is 4.98 Å². The Labute approximate surface area is 161 Å². The van der Waals surface area contributed by atoms with Crippen LogP contribution in [0.15, 0.2) is 54.6 Å². The molecule has 0 aliphatic carbocycles. The fourth-order valence-corrected chi connectivity index (χ4v) is 3.65. The van der Waals surface area contributed by atoms with E-state index < -0.39 is 0 Å². The second-order valence-corrected chi connectivity index (χ2v) is 7.26. The second kappa shape index (κ2) is 7.25. The van der Waals surface area contributed by atoms with Gasteiger partial charge in [-0.3, -0.25) is 10.1 Å². The van der Waals surface area contributed by atoms with E-state index in [1.54, 1.807) is 0 Å². The first-order chi connectivity index (χ1) is 13.2. The Morgan fingerprint density at radius 3 is 2.63 bits per heavy atom. The van der Waals surface area contributed by atoms with E-state index in [4.69, 9.17) is 4.98 Å². The number of carbonyl (C=O) groups excluding carboxylic acids is 1. The lowest BCUT2D eigenvalue weighted by molar-refractivity contribution is 0.102. The van der Waals surface area contributed by atoms with E-state index in [0.29, 0.717) is 10.7 Å². The zero-order chi connectivity index (χ0) is 18.8. The van der Waals surface area contributed by atoms with Crippen LogP contribution in [0.4, 0.5) is 5.13 Å². The topological polar surface area (TPSA) is 67.8 Å². The molecule has 0 unspecified atom stereocenters. The predicted octanol–water partition coefficient (Wildman–Crippen LogP) is 4.88. The minimum absolute atomic E-state index is 0.206. The number of anilines is 1. The molecule has 0 saturated heterocycles. The van der Waals surface area contributed by atoms with Gasteiger partial charge in [0.1, 0.15) is 5.01 Å². The van der Waals surface area contributed by atoms with Crippen molar-refractivity contribution < 1.29 is 4.79 Å². The lowest BCUT2D eigenvalue weighted by atomic mass is 10.0.